The minimum Gasteiger partial charge on any atom is -0.481 e. The number of methoxy groups -OCH3 is 1. The summed E-state index contributed by atoms with van der Waals surface area (Å²) in [4.78, 5) is 25.5. The molecular formula is C18H16N6O2. The first-order chi connectivity index (χ1) is 12.6. The van der Waals surface area contributed by atoms with Gasteiger partial charge < -0.3 is 9.30 Å². The van der Waals surface area contributed by atoms with Crippen LogP contribution in [-0.4, -0.2) is 36.4 Å². The van der Waals surface area contributed by atoms with Gasteiger partial charge in [-0.25, -0.2) is 15.0 Å². The van der Waals surface area contributed by atoms with Crippen molar-refractivity contribution in [2.45, 2.75) is 13.8 Å². The number of nitrogens with zero attached hydrogens (tertiary/aromatic N) is 6. The highest BCUT2D eigenvalue weighted by Crippen LogP contribution is 2.26. The molecule has 0 bridgehead atoms. The monoisotopic (exact) mass is 348 g/mol. The summed E-state index contributed by atoms with van der Waals surface area (Å²) in [5.74, 6) is 0.779. The fourth-order valence-corrected chi connectivity index (χ4v) is 3.12. The van der Waals surface area contributed by atoms with E-state index >= 15 is 0 Å². The summed E-state index contributed by atoms with van der Waals surface area (Å²) in [5, 5.41) is 5.61. The summed E-state index contributed by atoms with van der Waals surface area (Å²) in [6, 6.07) is 5.37. The first kappa shape index (κ1) is 15.9. The first-order valence-electron chi connectivity index (χ1n) is 7.99. The third kappa shape index (κ3) is 2.34. The van der Waals surface area contributed by atoms with Gasteiger partial charge in [-0.2, -0.15) is 9.78 Å². The van der Waals surface area contributed by atoms with Crippen LogP contribution in [0.1, 0.15) is 11.4 Å². The molecule has 0 N–H and O–H groups in total. The molecule has 0 atom stereocenters. The zero-order valence-electron chi connectivity index (χ0n) is 14.5. The topological polar surface area (TPSA) is 87.7 Å². The minimum absolute atomic E-state index is 0.246. The van der Waals surface area contributed by atoms with Crippen LogP contribution in [0.3, 0.4) is 0 Å². The molecule has 130 valence electrons. The van der Waals surface area contributed by atoms with E-state index in [2.05, 4.69) is 20.1 Å². The van der Waals surface area contributed by atoms with Crippen molar-refractivity contribution in [3.63, 3.8) is 0 Å². The van der Waals surface area contributed by atoms with Crippen LogP contribution in [0.15, 0.2) is 47.8 Å². The van der Waals surface area contributed by atoms with Crippen LogP contribution in [0, 0.1) is 13.8 Å². The molecule has 0 spiro atoms. The predicted octanol–water partition coefficient (Wildman–Crippen LogP) is 1.99. The fraction of sp³-hybridized carbons (Fsp3) is 0.167. The molecule has 8 nitrogen and oxygen atoms in total. The molecule has 4 rings (SSSR count). The van der Waals surface area contributed by atoms with Gasteiger partial charge in [0.25, 0.3) is 11.5 Å². The van der Waals surface area contributed by atoms with Crippen molar-refractivity contribution < 1.29 is 4.74 Å². The fourth-order valence-electron chi connectivity index (χ4n) is 3.12. The van der Waals surface area contributed by atoms with E-state index in [1.165, 1.54) is 4.68 Å². The van der Waals surface area contributed by atoms with Gasteiger partial charge >= 0.3 is 0 Å². The lowest BCUT2D eigenvalue weighted by molar-refractivity contribution is 0.398. The van der Waals surface area contributed by atoms with Gasteiger partial charge in [-0.1, -0.05) is 0 Å². The molecule has 0 aliphatic rings. The number of aromatic nitrogens is 6. The molecule has 0 aromatic carbocycles. The number of hydrogen-bond acceptors (Lipinski definition) is 6. The molecule has 0 unspecified atom stereocenters. The van der Waals surface area contributed by atoms with Crippen molar-refractivity contribution in [2.75, 3.05) is 7.11 Å². The van der Waals surface area contributed by atoms with Gasteiger partial charge in [0.15, 0.2) is 0 Å². The van der Waals surface area contributed by atoms with Crippen LogP contribution in [0.4, 0.5) is 0 Å². The maximum Gasteiger partial charge on any atom is 0.283 e. The Balaban J connectivity index is 1.97. The van der Waals surface area contributed by atoms with Gasteiger partial charge in [0.05, 0.1) is 30.6 Å². The van der Waals surface area contributed by atoms with Crippen LogP contribution >= 0.6 is 0 Å². The molecular weight excluding hydrogens is 332 g/mol. The Morgan fingerprint density at radius 2 is 1.77 bits per heavy atom. The van der Waals surface area contributed by atoms with E-state index < -0.39 is 0 Å². The molecule has 4 aromatic rings. The van der Waals surface area contributed by atoms with Crippen molar-refractivity contribution in [1.29, 1.82) is 0 Å². The maximum atomic E-state index is 13.0. The summed E-state index contributed by atoms with van der Waals surface area (Å²) < 4.78 is 8.31. The van der Waals surface area contributed by atoms with Crippen molar-refractivity contribution in [3.8, 4) is 17.5 Å². The molecule has 0 saturated carbocycles. The van der Waals surface area contributed by atoms with Gasteiger partial charge in [-0.15, -0.1) is 0 Å². The van der Waals surface area contributed by atoms with E-state index in [4.69, 9.17) is 4.74 Å². The smallest absolute Gasteiger partial charge is 0.283 e. The second kappa shape index (κ2) is 6.07. The van der Waals surface area contributed by atoms with Crippen LogP contribution in [-0.2, 0) is 0 Å². The van der Waals surface area contributed by atoms with Crippen LogP contribution < -0.4 is 10.3 Å². The van der Waals surface area contributed by atoms with Gasteiger partial charge in [-0.05, 0) is 26.0 Å². The minimum atomic E-state index is -0.255. The highest BCUT2D eigenvalue weighted by Gasteiger charge is 2.18. The van der Waals surface area contributed by atoms with Crippen LogP contribution in [0.2, 0.25) is 0 Å². The molecule has 0 aliphatic heterocycles. The Morgan fingerprint density at radius 3 is 2.42 bits per heavy atom. The van der Waals surface area contributed by atoms with Gasteiger partial charge in [-0.3, -0.25) is 4.79 Å². The average Bonchev–Trinajstić information content (AvgIpc) is 2.94. The lowest BCUT2D eigenvalue weighted by atomic mass is 10.2. The number of hydrogen-bond donors (Lipinski definition) is 0. The van der Waals surface area contributed by atoms with Crippen LogP contribution in [0.5, 0.6) is 5.88 Å². The molecule has 4 heterocycles. The Morgan fingerprint density at radius 1 is 1.00 bits per heavy atom. The maximum absolute atomic E-state index is 13.0. The normalized spacial score (nSPS) is 11.0. The zero-order chi connectivity index (χ0) is 18.3. The lowest BCUT2D eigenvalue weighted by Crippen LogP contribution is -2.22. The van der Waals surface area contributed by atoms with E-state index in [0.29, 0.717) is 11.3 Å². The van der Waals surface area contributed by atoms with Crippen molar-refractivity contribution in [1.82, 2.24) is 29.3 Å². The average molecular weight is 348 g/mol. The third-order valence-electron chi connectivity index (χ3n) is 4.33. The molecule has 0 saturated heterocycles. The molecule has 0 aliphatic carbocycles. The van der Waals surface area contributed by atoms with E-state index in [9.17, 15) is 4.79 Å². The summed E-state index contributed by atoms with van der Waals surface area (Å²) in [6.07, 6.45) is 6.53. The molecule has 0 radical (unpaired) electrons. The molecule has 4 aromatic heterocycles. The van der Waals surface area contributed by atoms with Crippen molar-refractivity contribution >= 4 is 10.8 Å². The summed E-state index contributed by atoms with van der Waals surface area (Å²) in [6.45, 7) is 3.85. The van der Waals surface area contributed by atoms with E-state index in [0.717, 1.165) is 22.5 Å². The summed E-state index contributed by atoms with van der Waals surface area (Å²) >= 11 is 0. The highest BCUT2D eigenvalue weighted by molar-refractivity contribution is 5.88. The second-order valence-electron chi connectivity index (χ2n) is 5.76. The largest absolute Gasteiger partial charge is 0.481 e. The Labute approximate surface area is 148 Å². The summed E-state index contributed by atoms with van der Waals surface area (Å²) in [5.41, 5.74) is 2.31. The first-order valence-corrected chi connectivity index (χ1v) is 7.99. The van der Waals surface area contributed by atoms with Crippen LogP contribution in [0.25, 0.3) is 22.4 Å². The predicted molar refractivity (Wildman–Crippen MR) is 96.1 cm³/mol. The molecule has 0 amide bonds. The SMILES string of the molecule is COc1ccc(-n2c(C)c3cnn(-c4ncccn4)c(=O)c3c2C)cn1. The van der Waals surface area contributed by atoms with Gasteiger partial charge in [0.1, 0.15) is 0 Å². The number of ether oxygens (including phenoxy) is 1. The van der Waals surface area contributed by atoms with E-state index in [-0.39, 0.29) is 11.5 Å². The second-order valence-corrected chi connectivity index (χ2v) is 5.76. The quantitative estimate of drug-likeness (QED) is 0.563. The van der Waals surface area contributed by atoms with Crippen molar-refractivity contribution in [3.05, 3.63) is 64.7 Å². The lowest BCUT2D eigenvalue weighted by Gasteiger charge is -2.09. The van der Waals surface area contributed by atoms with E-state index in [1.54, 1.807) is 44.0 Å². The number of fused-ring (bicyclic) bond motifs is 1. The zero-order valence-corrected chi connectivity index (χ0v) is 14.5. The Bertz CT molecular complexity index is 1150. The number of pyridine rings is 1. The number of rotatable bonds is 3. The summed E-state index contributed by atoms with van der Waals surface area (Å²) in [7, 11) is 1.57. The molecule has 8 heteroatoms. The highest BCUT2D eigenvalue weighted by atomic mass is 16.5. The van der Waals surface area contributed by atoms with Gasteiger partial charge in [0.2, 0.25) is 5.88 Å². The van der Waals surface area contributed by atoms with Gasteiger partial charge in [0, 0.05) is 35.2 Å². The molecule has 26 heavy (non-hydrogen) atoms. The Kier molecular flexibility index (Phi) is 3.72. The number of aryl methyl sites for hydroxylation is 2. The third-order valence-corrected chi connectivity index (χ3v) is 4.33. The Hall–Kier alpha value is -3.55. The standard InChI is InChI=1S/C18H16N6O2/c1-11-14-10-22-24(18-19-7-4-8-20-18)17(25)16(14)12(2)23(11)13-5-6-15(26-3)21-9-13/h4-10H,1-3H3. The van der Waals surface area contributed by atoms with Crippen molar-refractivity contribution in [2.24, 2.45) is 0 Å². The van der Waals surface area contributed by atoms with E-state index in [1.807, 2.05) is 24.5 Å². The molecule has 0 fully saturated rings.